The standard InChI is InChI=1S/C25H32ClN5O4S/c1-16-7-9-18(10-8-16)36(33,34)31-14-12-19-21(27-23(26)28-22(19)31)29(6)20-15-30(13-11-17(20)2)24(32)35-25(3,4)5/h7-10,12,14,17,20H,11,13,15H2,1-6H3/i2D3,6D3. The molecule has 4 rings (SSSR count). The van der Waals surface area contributed by atoms with Crippen molar-refractivity contribution in [1.82, 2.24) is 18.8 Å². The van der Waals surface area contributed by atoms with Crippen LogP contribution >= 0.6 is 11.6 Å². The van der Waals surface area contributed by atoms with E-state index in [0.717, 1.165) is 14.4 Å². The van der Waals surface area contributed by atoms with Crippen LogP contribution in [0.5, 0.6) is 0 Å². The molecule has 194 valence electrons. The maximum atomic E-state index is 13.5. The van der Waals surface area contributed by atoms with Gasteiger partial charge in [-0.05, 0) is 69.8 Å². The number of aryl methyl sites for hydroxylation is 1. The Morgan fingerprint density at radius 3 is 2.58 bits per heavy atom. The summed E-state index contributed by atoms with van der Waals surface area (Å²) in [5, 5.41) is -0.430. The second kappa shape index (κ2) is 9.55. The number of amides is 1. The van der Waals surface area contributed by atoms with Gasteiger partial charge >= 0.3 is 6.09 Å². The molecule has 3 heterocycles. The topological polar surface area (TPSA) is 97.6 Å². The smallest absolute Gasteiger partial charge is 0.410 e. The van der Waals surface area contributed by atoms with E-state index in [0.29, 0.717) is 0 Å². The molecule has 11 heteroatoms. The van der Waals surface area contributed by atoms with Crippen molar-refractivity contribution in [1.29, 1.82) is 0 Å². The number of piperidine rings is 1. The number of hydrogen-bond donors (Lipinski definition) is 0. The fraction of sp³-hybridized carbons (Fsp3) is 0.480. The molecule has 0 bridgehead atoms. The van der Waals surface area contributed by atoms with Crippen LogP contribution in [0.3, 0.4) is 0 Å². The number of halogens is 1. The van der Waals surface area contributed by atoms with E-state index >= 15 is 0 Å². The van der Waals surface area contributed by atoms with Crippen molar-refractivity contribution in [2.24, 2.45) is 5.92 Å². The molecule has 1 amide bonds. The number of fused-ring (bicyclic) bond motifs is 1. The van der Waals surface area contributed by atoms with Crippen LogP contribution < -0.4 is 4.90 Å². The minimum atomic E-state index is -4.18. The molecule has 0 radical (unpaired) electrons. The predicted octanol–water partition coefficient (Wildman–Crippen LogP) is 4.71. The van der Waals surface area contributed by atoms with Crippen molar-refractivity contribution in [3.63, 3.8) is 0 Å². The highest BCUT2D eigenvalue weighted by Gasteiger charge is 2.35. The number of rotatable bonds is 4. The summed E-state index contributed by atoms with van der Waals surface area (Å²) in [7, 11) is -4.18. The summed E-state index contributed by atoms with van der Waals surface area (Å²) in [6.45, 7) is 1.02. The second-order valence-corrected chi connectivity index (χ2v) is 11.9. The van der Waals surface area contributed by atoms with E-state index in [1.54, 1.807) is 32.9 Å². The number of nitrogens with zero attached hydrogens (tertiary/aromatic N) is 5. The lowest BCUT2D eigenvalue weighted by molar-refractivity contribution is 0.0165. The molecule has 2 unspecified atom stereocenters. The van der Waals surface area contributed by atoms with Gasteiger partial charge in [-0.2, -0.15) is 9.97 Å². The molecule has 1 fully saturated rings. The van der Waals surface area contributed by atoms with Crippen LogP contribution in [0.1, 0.15) is 47.8 Å². The van der Waals surface area contributed by atoms with Crippen LogP contribution in [0.15, 0.2) is 41.4 Å². The molecule has 0 saturated carbocycles. The molecule has 2 atom stereocenters. The van der Waals surface area contributed by atoms with Crippen molar-refractivity contribution in [3.8, 4) is 0 Å². The number of hydrogen-bond acceptors (Lipinski definition) is 7. The van der Waals surface area contributed by atoms with E-state index in [-0.39, 0.29) is 41.3 Å². The maximum absolute atomic E-state index is 13.5. The van der Waals surface area contributed by atoms with Crippen molar-refractivity contribution in [3.05, 3.63) is 47.4 Å². The molecular formula is C25H32ClN5O4S. The lowest BCUT2D eigenvalue weighted by atomic mass is 9.92. The maximum Gasteiger partial charge on any atom is 0.410 e. The third-order valence-electron chi connectivity index (χ3n) is 5.83. The van der Waals surface area contributed by atoms with Gasteiger partial charge in [-0.15, -0.1) is 0 Å². The lowest BCUT2D eigenvalue weighted by Crippen LogP contribution is -2.53. The minimum absolute atomic E-state index is 0.0184. The Morgan fingerprint density at radius 2 is 1.94 bits per heavy atom. The summed E-state index contributed by atoms with van der Waals surface area (Å²) in [5.74, 6) is -1.47. The van der Waals surface area contributed by atoms with E-state index in [4.69, 9.17) is 24.6 Å². The van der Waals surface area contributed by atoms with E-state index < -0.39 is 52.8 Å². The fourth-order valence-corrected chi connectivity index (χ4v) is 5.45. The first-order valence-electron chi connectivity index (χ1n) is 14.3. The average Bonchev–Trinajstić information content (AvgIpc) is 3.26. The van der Waals surface area contributed by atoms with E-state index in [2.05, 4.69) is 9.97 Å². The van der Waals surface area contributed by atoms with Crippen LogP contribution in [0, 0.1) is 12.8 Å². The number of aromatic nitrogens is 3. The fourth-order valence-electron chi connectivity index (χ4n) is 3.99. The zero-order valence-electron chi connectivity index (χ0n) is 26.4. The molecule has 0 spiro atoms. The van der Waals surface area contributed by atoms with Gasteiger partial charge < -0.3 is 14.5 Å². The molecule has 2 aromatic heterocycles. The molecule has 1 aliphatic rings. The summed E-state index contributed by atoms with van der Waals surface area (Å²) < 4.78 is 83.2. The van der Waals surface area contributed by atoms with Gasteiger partial charge in [0.1, 0.15) is 11.4 Å². The third-order valence-corrected chi connectivity index (χ3v) is 7.68. The molecular weight excluding hydrogens is 502 g/mol. The number of anilines is 1. The quantitative estimate of drug-likeness (QED) is 0.443. The lowest BCUT2D eigenvalue weighted by Gasteiger charge is -2.42. The SMILES string of the molecule is [2H]C([2H])([2H])C1CCN(C(=O)OC(C)(C)C)CC1N(c1nc(Cl)nc2c1ccn2S(=O)(=O)c1ccc(C)cc1)C([2H])([2H])[2H]. The summed E-state index contributed by atoms with van der Waals surface area (Å²) >= 11 is 6.24. The number of likely N-dealkylation sites (N-methyl/N-ethyl adjacent to an activating group) is 1. The molecule has 0 aliphatic carbocycles. The minimum Gasteiger partial charge on any atom is -0.444 e. The summed E-state index contributed by atoms with van der Waals surface area (Å²) in [5.41, 5.74) is -0.177. The van der Waals surface area contributed by atoms with Gasteiger partial charge in [0, 0.05) is 34.5 Å². The van der Waals surface area contributed by atoms with Gasteiger partial charge in [-0.25, -0.2) is 17.2 Å². The summed E-state index contributed by atoms with van der Waals surface area (Å²) in [6, 6.07) is 6.18. The van der Waals surface area contributed by atoms with E-state index in [1.807, 2.05) is 6.92 Å². The van der Waals surface area contributed by atoms with Gasteiger partial charge in [0.2, 0.25) is 5.28 Å². The third kappa shape index (κ3) is 5.15. The first-order chi connectivity index (χ1) is 19.2. The molecule has 1 aromatic carbocycles. The summed E-state index contributed by atoms with van der Waals surface area (Å²) in [6.07, 6.45) is 0.446. The molecule has 3 aromatic rings. The van der Waals surface area contributed by atoms with Gasteiger partial charge in [-0.1, -0.05) is 24.5 Å². The highest BCUT2D eigenvalue weighted by Crippen LogP contribution is 2.32. The Bertz CT molecular complexity index is 1590. The van der Waals surface area contributed by atoms with Gasteiger partial charge in [-0.3, -0.25) is 0 Å². The predicted molar refractivity (Wildman–Crippen MR) is 140 cm³/mol. The highest BCUT2D eigenvalue weighted by atomic mass is 35.5. The van der Waals surface area contributed by atoms with Gasteiger partial charge in [0.25, 0.3) is 10.0 Å². The molecule has 1 saturated heterocycles. The van der Waals surface area contributed by atoms with Gasteiger partial charge in [0.05, 0.1) is 16.3 Å². The highest BCUT2D eigenvalue weighted by molar-refractivity contribution is 7.90. The number of carbonyl (C=O) groups excluding carboxylic acids is 1. The number of ether oxygens (including phenoxy) is 1. The second-order valence-electron chi connectivity index (χ2n) is 9.74. The van der Waals surface area contributed by atoms with Crippen molar-refractivity contribution in [2.45, 2.75) is 57.5 Å². The van der Waals surface area contributed by atoms with Gasteiger partial charge in [0.15, 0.2) is 5.65 Å². The largest absolute Gasteiger partial charge is 0.444 e. The van der Waals surface area contributed by atoms with Crippen LogP contribution in [0.25, 0.3) is 11.0 Å². The Balaban J connectivity index is 1.88. The zero-order valence-corrected chi connectivity index (χ0v) is 22.0. The Hall–Kier alpha value is -2.85. The average molecular weight is 540 g/mol. The Morgan fingerprint density at radius 1 is 1.22 bits per heavy atom. The van der Waals surface area contributed by atoms with E-state index in [9.17, 15) is 13.2 Å². The van der Waals surface area contributed by atoms with Crippen molar-refractivity contribution >= 4 is 44.6 Å². The van der Waals surface area contributed by atoms with Crippen LogP contribution in [0.2, 0.25) is 5.28 Å². The zero-order chi connectivity index (χ0) is 31.4. The Labute approximate surface area is 225 Å². The summed E-state index contributed by atoms with van der Waals surface area (Å²) in [4.78, 5) is 23.3. The van der Waals surface area contributed by atoms with E-state index in [1.165, 1.54) is 29.3 Å². The van der Waals surface area contributed by atoms with Crippen LogP contribution in [-0.4, -0.2) is 65.1 Å². The number of carbonyl (C=O) groups is 1. The molecule has 0 N–H and O–H groups in total. The first kappa shape index (κ1) is 19.3. The number of benzene rings is 1. The monoisotopic (exact) mass is 539 g/mol. The normalized spacial score (nSPS) is 22.1. The molecule has 1 aliphatic heterocycles. The van der Waals surface area contributed by atoms with Crippen LogP contribution in [-0.2, 0) is 14.8 Å². The molecule has 9 nitrogen and oxygen atoms in total. The number of likely N-dealkylation sites (tertiary alicyclic amines) is 1. The first-order valence-corrected chi connectivity index (χ1v) is 13.2. The molecule has 36 heavy (non-hydrogen) atoms. The van der Waals surface area contributed by atoms with Crippen LogP contribution in [0.4, 0.5) is 10.6 Å². The Kier molecular flexibility index (Phi) is 5.12. The van der Waals surface area contributed by atoms with Crippen molar-refractivity contribution < 1.29 is 26.2 Å². The van der Waals surface area contributed by atoms with Crippen molar-refractivity contribution in [2.75, 3.05) is 25.0 Å².